The summed E-state index contributed by atoms with van der Waals surface area (Å²) in [4.78, 5) is 34.7. The number of aliphatic hydroxyl groups is 2. The van der Waals surface area contributed by atoms with Crippen molar-refractivity contribution in [1.29, 1.82) is 0 Å². The Bertz CT molecular complexity index is 766. The van der Waals surface area contributed by atoms with Gasteiger partial charge in [0.05, 0.1) is 19.8 Å². The second kappa shape index (κ2) is 33.5. The Morgan fingerprint density at radius 1 is 0.553 bits per heavy atom. The van der Waals surface area contributed by atoms with Crippen molar-refractivity contribution in [2.24, 2.45) is 0 Å². The fourth-order valence-corrected chi connectivity index (χ4v) is 6.08. The van der Waals surface area contributed by atoms with E-state index in [1.54, 1.807) is 0 Å². The Morgan fingerprint density at radius 2 is 0.915 bits per heavy atom. The smallest absolute Gasteiger partial charge is 0.462 e. The van der Waals surface area contributed by atoms with Crippen molar-refractivity contribution in [2.75, 3.05) is 26.4 Å². The van der Waals surface area contributed by atoms with E-state index in [1.807, 2.05) is 0 Å². The standard InChI is InChI=1S/C36H71O10P/c1-3-5-7-9-11-13-14-15-16-17-18-19-20-22-24-26-28-36(40)46-34(32-45-47(41,42)44-30-33(38)29-37)31-43-35(39)27-25-23-21-12-10-8-6-4-2/h33-34,37-38H,3-32H2,1-2H3,(H,41,42)/t33-,34+/m0/s1. The zero-order valence-corrected chi connectivity index (χ0v) is 30.9. The second-order valence-electron chi connectivity index (χ2n) is 13.0. The van der Waals surface area contributed by atoms with Gasteiger partial charge in [-0.2, -0.15) is 0 Å². The SMILES string of the molecule is CCCCCCCCCCCCCCCCCCC(=O)O[C@H](COC(=O)CCCCCCCCCC)COP(=O)(O)OC[C@@H](O)CO. The summed E-state index contributed by atoms with van der Waals surface area (Å²) in [7, 11) is -4.60. The molecule has 0 spiro atoms. The number of ether oxygens (including phenoxy) is 2. The molecule has 0 amide bonds. The molecule has 0 aromatic rings. The highest BCUT2D eigenvalue weighted by Gasteiger charge is 2.27. The lowest BCUT2D eigenvalue weighted by Crippen LogP contribution is -2.29. The van der Waals surface area contributed by atoms with Crippen molar-refractivity contribution in [3.63, 3.8) is 0 Å². The Kier molecular flexibility index (Phi) is 32.7. The minimum atomic E-state index is -4.60. The Hall–Kier alpha value is -1.03. The predicted molar refractivity (Wildman–Crippen MR) is 187 cm³/mol. The number of carbonyl (C=O) groups excluding carboxylic acids is 2. The van der Waals surface area contributed by atoms with Crippen LogP contribution >= 0.6 is 7.82 Å². The van der Waals surface area contributed by atoms with Crippen molar-refractivity contribution in [3.05, 3.63) is 0 Å². The maximum Gasteiger partial charge on any atom is 0.472 e. The maximum atomic E-state index is 12.5. The maximum absolute atomic E-state index is 12.5. The zero-order valence-electron chi connectivity index (χ0n) is 30.0. The fraction of sp³-hybridized carbons (Fsp3) is 0.944. The van der Waals surface area contributed by atoms with Gasteiger partial charge in [0.25, 0.3) is 0 Å². The highest BCUT2D eigenvalue weighted by molar-refractivity contribution is 7.47. The van der Waals surface area contributed by atoms with Gasteiger partial charge in [0.2, 0.25) is 0 Å². The van der Waals surface area contributed by atoms with Gasteiger partial charge in [0.1, 0.15) is 12.7 Å². The van der Waals surface area contributed by atoms with Crippen molar-refractivity contribution < 1.29 is 47.8 Å². The molecule has 0 saturated carbocycles. The van der Waals surface area contributed by atoms with E-state index in [0.29, 0.717) is 12.8 Å². The zero-order chi connectivity index (χ0) is 34.9. The third-order valence-corrected chi connectivity index (χ3v) is 9.21. The molecule has 0 fully saturated rings. The first-order valence-corrected chi connectivity index (χ1v) is 20.5. The molecule has 0 saturated heterocycles. The van der Waals surface area contributed by atoms with Crippen LogP contribution in [-0.4, -0.2) is 65.7 Å². The van der Waals surface area contributed by atoms with E-state index in [0.717, 1.165) is 38.5 Å². The summed E-state index contributed by atoms with van der Waals surface area (Å²) in [6.07, 6.45) is 26.6. The molecule has 0 aromatic heterocycles. The molecule has 0 aromatic carbocycles. The number of rotatable bonds is 36. The van der Waals surface area contributed by atoms with E-state index < -0.39 is 51.8 Å². The number of hydrogen-bond acceptors (Lipinski definition) is 9. The summed E-state index contributed by atoms with van der Waals surface area (Å²) in [5.41, 5.74) is 0. The molecule has 0 heterocycles. The molecule has 11 heteroatoms. The largest absolute Gasteiger partial charge is 0.472 e. The third-order valence-electron chi connectivity index (χ3n) is 8.26. The predicted octanol–water partition coefficient (Wildman–Crippen LogP) is 9.11. The molecule has 0 bridgehead atoms. The van der Waals surface area contributed by atoms with Crippen LogP contribution in [0.25, 0.3) is 0 Å². The summed E-state index contributed by atoms with van der Waals surface area (Å²) in [6.45, 7) is 2.35. The van der Waals surface area contributed by atoms with Crippen LogP contribution in [-0.2, 0) is 32.7 Å². The Balaban J connectivity index is 4.28. The van der Waals surface area contributed by atoms with Crippen LogP contribution in [0.2, 0.25) is 0 Å². The van der Waals surface area contributed by atoms with Crippen molar-refractivity contribution in [2.45, 2.75) is 193 Å². The van der Waals surface area contributed by atoms with Gasteiger partial charge >= 0.3 is 19.8 Å². The number of aliphatic hydroxyl groups excluding tert-OH is 2. The first-order chi connectivity index (χ1) is 22.7. The first-order valence-electron chi connectivity index (χ1n) is 19.0. The van der Waals surface area contributed by atoms with E-state index in [-0.39, 0.29) is 19.4 Å². The lowest BCUT2D eigenvalue weighted by atomic mass is 10.0. The number of phosphoric acid groups is 1. The second-order valence-corrected chi connectivity index (χ2v) is 14.4. The number of unbranched alkanes of at least 4 members (excludes halogenated alkanes) is 22. The first kappa shape index (κ1) is 46.0. The van der Waals surface area contributed by atoms with Gasteiger partial charge in [-0.3, -0.25) is 18.6 Å². The van der Waals surface area contributed by atoms with E-state index in [9.17, 15) is 24.2 Å². The van der Waals surface area contributed by atoms with Crippen molar-refractivity contribution in [3.8, 4) is 0 Å². The molecule has 0 radical (unpaired) electrons. The Labute approximate surface area is 286 Å². The molecule has 0 aliphatic carbocycles. The number of carbonyl (C=O) groups is 2. The summed E-state index contributed by atoms with van der Waals surface area (Å²) in [5, 5.41) is 18.2. The average Bonchev–Trinajstić information content (AvgIpc) is 3.05. The molecule has 0 aliphatic heterocycles. The molecular formula is C36H71O10P. The van der Waals surface area contributed by atoms with Crippen LogP contribution in [0.4, 0.5) is 0 Å². The minimum Gasteiger partial charge on any atom is -0.462 e. The van der Waals surface area contributed by atoms with E-state index in [1.165, 1.54) is 103 Å². The average molecular weight is 695 g/mol. The molecular weight excluding hydrogens is 623 g/mol. The van der Waals surface area contributed by atoms with E-state index in [4.69, 9.17) is 19.1 Å². The highest BCUT2D eigenvalue weighted by atomic mass is 31.2. The monoisotopic (exact) mass is 694 g/mol. The van der Waals surface area contributed by atoms with Crippen molar-refractivity contribution in [1.82, 2.24) is 0 Å². The van der Waals surface area contributed by atoms with Gasteiger partial charge in [-0.25, -0.2) is 4.57 Å². The van der Waals surface area contributed by atoms with Crippen LogP contribution in [0, 0.1) is 0 Å². The lowest BCUT2D eigenvalue weighted by Gasteiger charge is -2.20. The molecule has 10 nitrogen and oxygen atoms in total. The minimum absolute atomic E-state index is 0.192. The molecule has 3 atom stereocenters. The van der Waals surface area contributed by atoms with Crippen LogP contribution in [0.5, 0.6) is 0 Å². The van der Waals surface area contributed by atoms with Gasteiger partial charge in [-0.1, -0.05) is 155 Å². The van der Waals surface area contributed by atoms with Gasteiger partial charge in [-0.15, -0.1) is 0 Å². The highest BCUT2D eigenvalue weighted by Crippen LogP contribution is 2.43. The summed E-state index contributed by atoms with van der Waals surface area (Å²) >= 11 is 0. The summed E-state index contributed by atoms with van der Waals surface area (Å²) in [6, 6.07) is 0. The van der Waals surface area contributed by atoms with Crippen molar-refractivity contribution >= 4 is 19.8 Å². The normalized spacial score (nSPS) is 14.1. The van der Waals surface area contributed by atoms with Crippen LogP contribution < -0.4 is 0 Å². The third kappa shape index (κ3) is 33.3. The molecule has 0 rings (SSSR count). The van der Waals surface area contributed by atoms with Crippen LogP contribution in [0.1, 0.15) is 181 Å². The fourth-order valence-electron chi connectivity index (χ4n) is 5.29. The quantitative estimate of drug-likeness (QED) is 0.0329. The van der Waals surface area contributed by atoms with Gasteiger partial charge < -0.3 is 24.6 Å². The molecule has 280 valence electrons. The summed E-state index contributed by atoms with van der Waals surface area (Å²) < 4.78 is 32.5. The molecule has 47 heavy (non-hydrogen) atoms. The van der Waals surface area contributed by atoms with Gasteiger partial charge in [0, 0.05) is 12.8 Å². The topological polar surface area (TPSA) is 149 Å². The molecule has 0 aliphatic rings. The number of phosphoric ester groups is 1. The Morgan fingerprint density at radius 3 is 1.32 bits per heavy atom. The molecule has 3 N–H and O–H groups in total. The van der Waals surface area contributed by atoms with Crippen LogP contribution in [0.3, 0.4) is 0 Å². The van der Waals surface area contributed by atoms with Gasteiger partial charge in [-0.05, 0) is 12.8 Å². The van der Waals surface area contributed by atoms with Crippen LogP contribution in [0.15, 0.2) is 0 Å². The number of esters is 2. The van der Waals surface area contributed by atoms with E-state index >= 15 is 0 Å². The van der Waals surface area contributed by atoms with E-state index in [2.05, 4.69) is 18.4 Å². The summed E-state index contributed by atoms with van der Waals surface area (Å²) in [5.74, 6) is -0.920. The number of hydrogen-bond donors (Lipinski definition) is 3. The lowest BCUT2D eigenvalue weighted by molar-refractivity contribution is -0.161. The molecule has 1 unspecified atom stereocenters. The van der Waals surface area contributed by atoms with Gasteiger partial charge in [0.15, 0.2) is 6.10 Å².